The third kappa shape index (κ3) is 3.76. The summed E-state index contributed by atoms with van der Waals surface area (Å²) >= 11 is 0. The molecule has 112 valence electrons. The molecule has 1 heterocycles. The molecule has 20 heavy (non-hydrogen) atoms. The first kappa shape index (κ1) is 15.4. The van der Waals surface area contributed by atoms with Gasteiger partial charge in [-0.05, 0) is 31.2 Å². The molecule has 1 aliphatic carbocycles. The predicted molar refractivity (Wildman–Crippen MR) is 77.3 cm³/mol. The second kappa shape index (κ2) is 5.77. The Labute approximate surface area is 123 Å². The van der Waals surface area contributed by atoms with Crippen LogP contribution in [0.4, 0.5) is 0 Å². The quantitative estimate of drug-likeness (QED) is 0.820. The first-order valence-corrected chi connectivity index (χ1v) is 9.04. The van der Waals surface area contributed by atoms with Crippen molar-refractivity contribution in [2.24, 2.45) is 5.92 Å². The van der Waals surface area contributed by atoms with Crippen molar-refractivity contribution in [3.8, 4) is 0 Å². The molecule has 0 unspecified atom stereocenters. The SMILES string of the molecule is CC(C)CCN(C(=O)c1cc(S(=O)(=O)Cl)c[nH]1)C1CC1. The van der Waals surface area contributed by atoms with Gasteiger partial charge in [-0.1, -0.05) is 13.8 Å². The minimum absolute atomic E-state index is 0.0675. The number of nitrogens with one attached hydrogen (secondary N) is 1. The highest BCUT2D eigenvalue weighted by Crippen LogP contribution is 2.29. The molecular weight excluding hydrogens is 300 g/mol. The Bertz CT molecular complexity index is 591. The number of hydrogen-bond acceptors (Lipinski definition) is 3. The summed E-state index contributed by atoms with van der Waals surface area (Å²) in [6.45, 7) is 4.92. The van der Waals surface area contributed by atoms with Crippen molar-refractivity contribution in [1.29, 1.82) is 0 Å². The number of rotatable bonds is 6. The second-order valence-electron chi connectivity index (χ2n) is 5.60. The Balaban J connectivity index is 2.13. The molecule has 1 fully saturated rings. The van der Waals surface area contributed by atoms with Crippen LogP contribution in [0.1, 0.15) is 43.6 Å². The average molecular weight is 319 g/mol. The van der Waals surface area contributed by atoms with Crippen molar-refractivity contribution in [1.82, 2.24) is 9.88 Å². The molecule has 1 saturated carbocycles. The first-order valence-electron chi connectivity index (χ1n) is 6.73. The summed E-state index contributed by atoms with van der Waals surface area (Å²) in [5.74, 6) is 0.367. The van der Waals surface area contributed by atoms with E-state index < -0.39 is 9.05 Å². The second-order valence-corrected chi connectivity index (χ2v) is 8.17. The monoisotopic (exact) mass is 318 g/mol. The summed E-state index contributed by atoms with van der Waals surface area (Å²) in [7, 11) is 1.46. The van der Waals surface area contributed by atoms with Crippen LogP contribution in [0.2, 0.25) is 0 Å². The van der Waals surface area contributed by atoms with Gasteiger partial charge in [-0.15, -0.1) is 0 Å². The maximum atomic E-state index is 12.4. The van der Waals surface area contributed by atoms with E-state index in [9.17, 15) is 13.2 Å². The van der Waals surface area contributed by atoms with Crippen LogP contribution in [-0.4, -0.2) is 36.8 Å². The van der Waals surface area contributed by atoms with E-state index in [1.807, 2.05) is 4.90 Å². The van der Waals surface area contributed by atoms with Gasteiger partial charge in [0.25, 0.3) is 15.0 Å². The Hall–Kier alpha value is -1.01. The van der Waals surface area contributed by atoms with Crippen molar-refractivity contribution in [2.75, 3.05) is 6.54 Å². The summed E-state index contributed by atoms with van der Waals surface area (Å²) < 4.78 is 22.4. The lowest BCUT2D eigenvalue weighted by Crippen LogP contribution is -2.34. The van der Waals surface area contributed by atoms with Crippen molar-refractivity contribution in [3.63, 3.8) is 0 Å². The lowest BCUT2D eigenvalue weighted by molar-refractivity contribution is 0.0730. The largest absolute Gasteiger partial charge is 0.356 e. The van der Waals surface area contributed by atoms with E-state index in [2.05, 4.69) is 18.8 Å². The smallest absolute Gasteiger partial charge is 0.270 e. The van der Waals surface area contributed by atoms with E-state index >= 15 is 0 Å². The van der Waals surface area contributed by atoms with Crippen LogP contribution in [0.3, 0.4) is 0 Å². The molecule has 0 radical (unpaired) electrons. The zero-order valence-corrected chi connectivity index (χ0v) is 13.2. The zero-order valence-electron chi connectivity index (χ0n) is 11.6. The van der Waals surface area contributed by atoms with Crippen LogP contribution in [0.25, 0.3) is 0 Å². The van der Waals surface area contributed by atoms with E-state index in [4.69, 9.17) is 10.7 Å². The molecule has 7 heteroatoms. The molecule has 0 atom stereocenters. The minimum atomic E-state index is -3.80. The number of aromatic amines is 1. The Morgan fingerprint density at radius 2 is 2.15 bits per heavy atom. The van der Waals surface area contributed by atoms with Crippen molar-refractivity contribution < 1.29 is 13.2 Å². The molecular formula is C13H19ClN2O3S. The lowest BCUT2D eigenvalue weighted by Gasteiger charge is -2.22. The molecule has 1 amide bonds. The molecule has 5 nitrogen and oxygen atoms in total. The van der Waals surface area contributed by atoms with Gasteiger partial charge in [-0.2, -0.15) is 0 Å². The number of halogens is 1. The average Bonchev–Trinajstić information content (AvgIpc) is 3.03. The van der Waals surface area contributed by atoms with Crippen LogP contribution < -0.4 is 0 Å². The first-order chi connectivity index (χ1) is 9.29. The van der Waals surface area contributed by atoms with Gasteiger partial charge in [0, 0.05) is 29.5 Å². The molecule has 0 aliphatic heterocycles. The fourth-order valence-corrected chi connectivity index (χ4v) is 2.75. The predicted octanol–water partition coefficient (Wildman–Crippen LogP) is 2.59. The van der Waals surface area contributed by atoms with Gasteiger partial charge in [0.1, 0.15) is 10.6 Å². The highest BCUT2D eigenvalue weighted by atomic mass is 35.7. The number of aromatic nitrogens is 1. The van der Waals surface area contributed by atoms with Crippen molar-refractivity contribution in [2.45, 2.75) is 44.0 Å². The fourth-order valence-electron chi connectivity index (χ4n) is 2.03. The van der Waals surface area contributed by atoms with Gasteiger partial charge in [0.2, 0.25) is 0 Å². The standard InChI is InChI=1S/C13H19ClN2O3S/c1-9(2)5-6-16(10-3-4-10)13(17)12-7-11(8-15-12)20(14,18)19/h7-10,15H,3-6H2,1-2H3. The Kier molecular flexibility index (Phi) is 4.44. The van der Waals surface area contributed by atoms with Crippen LogP contribution in [-0.2, 0) is 9.05 Å². The summed E-state index contributed by atoms with van der Waals surface area (Å²) in [6.07, 6.45) is 4.23. The number of carbonyl (C=O) groups excluding carboxylic acids is 1. The molecule has 0 spiro atoms. The molecule has 0 aromatic carbocycles. The maximum Gasteiger partial charge on any atom is 0.270 e. The van der Waals surface area contributed by atoms with Gasteiger partial charge < -0.3 is 9.88 Å². The van der Waals surface area contributed by atoms with Crippen LogP contribution in [0.15, 0.2) is 17.2 Å². The molecule has 2 rings (SSSR count). The summed E-state index contributed by atoms with van der Waals surface area (Å²) in [6, 6.07) is 1.59. The fraction of sp³-hybridized carbons (Fsp3) is 0.615. The number of H-pyrrole nitrogens is 1. The number of carbonyl (C=O) groups is 1. The van der Waals surface area contributed by atoms with Gasteiger partial charge >= 0.3 is 0 Å². The summed E-state index contributed by atoms with van der Waals surface area (Å²) in [4.78, 5) is 16.9. The molecule has 1 aromatic heterocycles. The summed E-state index contributed by atoms with van der Waals surface area (Å²) in [5, 5.41) is 0. The third-order valence-electron chi connectivity index (χ3n) is 3.36. The van der Waals surface area contributed by atoms with Gasteiger partial charge in [-0.25, -0.2) is 8.42 Å². The molecule has 1 aromatic rings. The Morgan fingerprint density at radius 3 is 2.60 bits per heavy atom. The summed E-state index contributed by atoms with van der Waals surface area (Å²) in [5.41, 5.74) is 0.278. The van der Waals surface area contributed by atoms with Gasteiger partial charge in [-0.3, -0.25) is 4.79 Å². The van der Waals surface area contributed by atoms with Gasteiger partial charge in [0.15, 0.2) is 0 Å². The topological polar surface area (TPSA) is 70.2 Å². The highest BCUT2D eigenvalue weighted by molar-refractivity contribution is 8.13. The van der Waals surface area contributed by atoms with Crippen LogP contribution >= 0.6 is 10.7 Å². The van der Waals surface area contributed by atoms with Crippen LogP contribution in [0.5, 0.6) is 0 Å². The zero-order chi connectivity index (χ0) is 14.9. The van der Waals surface area contributed by atoms with E-state index in [1.54, 1.807) is 0 Å². The number of nitrogens with zero attached hydrogens (tertiary/aromatic N) is 1. The number of amides is 1. The molecule has 1 aliphatic rings. The van der Waals surface area contributed by atoms with Crippen LogP contribution in [0, 0.1) is 5.92 Å². The molecule has 1 N–H and O–H groups in total. The number of hydrogen-bond donors (Lipinski definition) is 1. The van der Waals surface area contributed by atoms with Gasteiger partial charge in [0.05, 0.1) is 0 Å². The normalized spacial score (nSPS) is 15.6. The third-order valence-corrected chi connectivity index (χ3v) is 4.70. The van der Waals surface area contributed by atoms with Crippen molar-refractivity contribution in [3.05, 3.63) is 18.0 Å². The van der Waals surface area contributed by atoms with E-state index in [0.29, 0.717) is 18.5 Å². The van der Waals surface area contributed by atoms with E-state index in [-0.39, 0.29) is 16.5 Å². The van der Waals surface area contributed by atoms with Crippen molar-refractivity contribution >= 4 is 25.6 Å². The maximum absolute atomic E-state index is 12.4. The molecule has 0 saturated heterocycles. The Morgan fingerprint density at radius 1 is 1.50 bits per heavy atom. The minimum Gasteiger partial charge on any atom is -0.356 e. The molecule has 0 bridgehead atoms. The van der Waals surface area contributed by atoms with E-state index in [0.717, 1.165) is 19.3 Å². The highest BCUT2D eigenvalue weighted by Gasteiger charge is 2.33. The van der Waals surface area contributed by atoms with E-state index in [1.165, 1.54) is 12.3 Å². The lowest BCUT2D eigenvalue weighted by atomic mass is 10.1.